The van der Waals surface area contributed by atoms with Crippen LogP contribution in [0.1, 0.15) is 11.1 Å². The molecule has 0 fully saturated rings. The predicted octanol–water partition coefficient (Wildman–Crippen LogP) is 3.96. The van der Waals surface area contributed by atoms with Crippen LogP contribution in [0, 0.1) is 0 Å². The maximum absolute atomic E-state index is 13.1. The van der Waals surface area contributed by atoms with E-state index in [1.54, 1.807) is 0 Å². The molecule has 0 heterocycles. The van der Waals surface area contributed by atoms with E-state index in [0.29, 0.717) is 0 Å². The Hall–Kier alpha value is -1.76. The molecule has 2 aromatic rings. The van der Waals surface area contributed by atoms with Crippen LogP contribution in [0.15, 0.2) is 48.5 Å². The SMILES string of the molecule is C[Si](c1ccccc1C(F)(F)F)c1ccccc1C(F)(F)F. The molecule has 0 spiro atoms. The summed E-state index contributed by atoms with van der Waals surface area (Å²) in [5.41, 5.74) is -1.74. The molecule has 1 radical (unpaired) electrons. The molecule has 0 aliphatic carbocycles. The molecule has 0 aromatic heterocycles. The van der Waals surface area contributed by atoms with Crippen LogP contribution in [-0.4, -0.2) is 8.80 Å². The summed E-state index contributed by atoms with van der Waals surface area (Å²) in [5, 5.41) is -0.145. The summed E-state index contributed by atoms with van der Waals surface area (Å²) in [6.45, 7) is 1.44. The van der Waals surface area contributed by atoms with Crippen LogP contribution in [0.25, 0.3) is 0 Å². The van der Waals surface area contributed by atoms with Crippen molar-refractivity contribution in [3.8, 4) is 0 Å². The van der Waals surface area contributed by atoms with Crippen LogP contribution in [0.5, 0.6) is 0 Å². The molecule has 0 amide bonds. The van der Waals surface area contributed by atoms with Gasteiger partial charge in [0.2, 0.25) is 0 Å². The first-order valence-corrected chi connectivity index (χ1v) is 8.29. The average molecular weight is 333 g/mol. The van der Waals surface area contributed by atoms with Crippen LogP contribution >= 0.6 is 0 Å². The molecule has 0 atom stereocenters. The third-order valence-electron chi connectivity index (χ3n) is 3.27. The second-order valence-electron chi connectivity index (χ2n) is 4.71. The first kappa shape index (κ1) is 16.6. The summed E-state index contributed by atoms with van der Waals surface area (Å²) < 4.78 is 78.3. The van der Waals surface area contributed by atoms with Crippen molar-refractivity contribution in [3.63, 3.8) is 0 Å². The maximum atomic E-state index is 13.1. The number of rotatable bonds is 2. The highest BCUT2D eigenvalue weighted by atomic mass is 28.3. The molecular formula is C15H11F6Si. The summed E-state index contributed by atoms with van der Waals surface area (Å²) in [7, 11) is -2.21. The second kappa shape index (κ2) is 5.79. The topological polar surface area (TPSA) is 0 Å². The third-order valence-corrected chi connectivity index (χ3v) is 5.76. The molecule has 0 unspecified atom stereocenters. The lowest BCUT2D eigenvalue weighted by molar-refractivity contribution is -0.137. The molecule has 0 aliphatic rings. The van der Waals surface area contributed by atoms with Gasteiger partial charge in [0.15, 0.2) is 0 Å². The molecule has 0 bridgehead atoms. The molecule has 0 nitrogen and oxygen atoms in total. The van der Waals surface area contributed by atoms with Gasteiger partial charge in [0.1, 0.15) is 8.80 Å². The molecule has 2 aromatic carbocycles. The van der Waals surface area contributed by atoms with E-state index in [1.807, 2.05) is 0 Å². The molecule has 0 saturated carbocycles. The fourth-order valence-corrected chi connectivity index (χ4v) is 4.50. The Kier molecular flexibility index (Phi) is 4.37. The first-order chi connectivity index (χ1) is 10.1. The quantitative estimate of drug-likeness (QED) is 0.576. The fraction of sp³-hybridized carbons (Fsp3) is 0.200. The fourth-order valence-electron chi connectivity index (χ4n) is 2.26. The van der Waals surface area contributed by atoms with Gasteiger partial charge in [-0.2, -0.15) is 26.3 Å². The van der Waals surface area contributed by atoms with Crippen molar-refractivity contribution in [1.82, 2.24) is 0 Å². The molecule has 7 heteroatoms. The van der Waals surface area contributed by atoms with Gasteiger partial charge in [0, 0.05) is 0 Å². The van der Waals surface area contributed by atoms with Crippen molar-refractivity contribution in [2.24, 2.45) is 0 Å². The first-order valence-electron chi connectivity index (χ1n) is 6.29. The van der Waals surface area contributed by atoms with Crippen LogP contribution in [0.3, 0.4) is 0 Å². The van der Waals surface area contributed by atoms with E-state index in [1.165, 1.54) is 42.9 Å². The number of halogens is 6. The number of hydrogen-bond donors (Lipinski definition) is 0. The van der Waals surface area contributed by atoms with Gasteiger partial charge in [-0.3, -0.25) is 0 Å². The van der Waals surface area contributed by atoms with Crippen molar-refractivity contribution in [1.29, 1.82) is 0 Å². The van der Waals surface area contributed by atoms with Crippen LogP contribution in [0.4, 0.5) is 26.3 Å². The van der Waals surface area contributed by atoms with E-state index in [9.17, 15) is 26.3 Å². The Bertz CT molecular complexity index is 602. The lowest BCUT2D eigenvalue weighted by Gasteiger charge is -2.20. The summed E-state index contributed by atoms with van der Waals surface area (Å²) in [4.78, 5) is 0. The Morgan fingerprint density at radius 2 is 0.955 bits per heavy atom. The van der Waals surface area contributed by atoms with Gasteiger partial charge >= 0.3 is 12.4 Å². The average Bonchev–Trinajstić information content (AvgIpc) is 2.45. The van der Waals surface area contributed by atoms with Crippen molar-refractivity contribution in [3.05, 3.63) is 59.7 Å². The minimum absolute atomic E-state index is 0.0725. The summed E-state index contributed by atoms with van der Waals surface area (Å²) in [6, 6.07) is 9.60. The zero-order valence-corrected chi connectivity index (χ0v) is 12.4. The van der Waals surface area contributed by atoms with E-state index >= 15 is 0 Å². The van der Waals surface area contributed by atoms with E-state index in [-0.39, 0.29) is 10.4 Å². The zero-order chi connectivity index (χ0) is 16.5. The Morgan fingerprint density at radius 3 is 1.27 bits per heavy atom. The minimum Gasteiger partial charge on any atom is -0.166 e. The van der Waals surface area contributed by atoms with Crippen molar-refractivity contribution in [2.45, 2.75) is 18.9 Å². The predicted molar refractivity (Wildman–Crippen MR) is 73.8 cm³/mol. The van der Waals surface area contributed by atoms with E-state index < -0.39 is 32.3 Å². The van der Waals surface area contributed by atoms with E-state index in [4.69, 9.17) is 0 Å². The molecular weight excluding hydrogens is 322 g/mol. The number of benzene rings is 2. The summed E-state index contributed by atoms with van der Waals surface area (Å²) in [5.74, 6) is 0. The van der Waals surface area contributed by atoms with Gasteiger partial charge in [0.05, 0.1) is 11.1 Å². The van der Waals surface area contributed by atoms with Crippen molar-refractivity contribution >= 4 is 19.2 Å². The Morgan fingerprint density at radius 1 is 0.636 bits per heavy atom. The van der Waals surface area contributed by atoms with Gasteiger partial charge in [-0.1, -0.05) is 55.1 Å². The van der Waals surface area contributed by atoms with Gasteiger partial charge in [-0.05, 0) is 10.4 Å². The van der Waals surface area contributed by atoms with Crippen molar-refractivity contribution < 1.29 is 26.3 Å². The minimum atomic E-state index is -4.59. The summed E-state index contributed by atoms with van der Waals surface area (Å²) >= 11 is 0. The molecule has 22 heavy (non-hydrogen) atoms. The highest BCUT2D eigenvalue weighted by Crippen LogP contribution is 2.30. The maximum Gasteiger partial charge on any atom is 0.416 e. The monoisotopic (exact) mass is 333 g/mol. The molecule has 0 aliphatic heterocycles. The highest BCUT2D eigenvalue weighted by Gasteiger charge is 2.38. The summed E-state index contributed by atoms with van der Waals surface area (Å²) in [6.07, 6.45) is -9.18. The number of alkyl halides is 6. The van der Waals surface area contributed by atoms with E-state index in [0.717, 1.165) is 12.1 Å². The highest BCUT2D eigenvalue weighted by molar-refractivity contribution is 6.84. The van der Waals surface area contributed by atoms with Crippen LogP contribution in [0.2, 0.25) is 6.55 Å². The van der Waals surface area contributed by atoms with Gasteiger partial charge in [-0.25, -0.2) is 0 Å². The lowest BCUT2D eigenvalue weighted by Crippen LogP contribution is -2.45. The largest absolute Gasteiger partial charge is 0.416 e. The lowest BCUT2D eigenvalue weighted by atomic mass is 10.2. The van der Waals surface area contributed by atoms with E-state index in [2.05, 4.69) is 0 Å². The van der Waals surface area contributed by atoms with Crippen LogP contribution < -0.4 is 10.4 Å². The molecule has 2 rings (SSSR count). The molecule has 0 N–H and O–H groups in total. The Balaban J connectivity index is 2.58. The van der Waals surface area contributed by atoms with Crippen molar-refractivity contribution in [2.75, 3.05) is 0 Å². The third kappa shape index (κ3) is 3.35. The zero-order valence-electron chi connectivity index (χ0n) is 11.4. The molecule has 0 saturated heterocycles. The van der Waals surface area contributed by atoms with Gasteiger partial charge in [-0.15, -0.1) is 0 Å². The molecule has 117 valence electrons. The number of hydrogen-bond acceptors (Lipinski definition) is 0. The van der Waals surface area contributed by atoms with Gasteiger partial charge in [0.25, 0.3) is 0 Å². The second-order valence-corrected chi connectivity index (χ2v) is 7.04. The van der Waals surface area contributed by atoms with Gasteiger partial charge < -0.3 is 0 Å². The standard InChI is InChI=1S/C15H11F6Si/c1-22(12-8-4-2-6-10(12)14(16,17)18)13-9-5-3-7-11(13)15(19,20)21/h2-9H,1H3. The Labute approximate surface area is 125 Å². The van der Waals surface area contributed by atoms with Crippen LogP contribution in [-0.2, 0) is 12.4 Å². The normalized spacial score (nSPS) is 12.7. The smallest absolute Gasteiger partial charge is 0.166 e.